The van der Waals surface area contributed by atoms with Crippen LogP contribution in [0.25, 0.3) is 0 Å². The van der Waals surface area contributed by atoms with E-state index in [1.807, 2.05) is 0 Å². The van der Waals surface area contributed by atoms with Crippen LogP contribution in [0.5, 0.6) is 0 Å². The Hall–Kier alpha value is -1.49. The first-order valence-corrected chi connectivity index (χ1v) is 8.50. The third kappa shape index (κ3) is 3.25. The zero-order chi connectivity index (χ0) is 16.4. The van der Waals surface area contributed by atoms with Gasteiger partial charge in [-0.05, 0) is 44.2 Å². The molecule has 0 aliphatic heterocycles. The number of rotatable bonds is 4. The van der Waals surface area contributed by atoms with Crippen molar-refractivity contribution in [1.29, 1.82) is 0 Å². The zero-order valence-electron chi connectivity index (χ0n) is 13.3. The minimum Gasteiger partial charge on any atom is -0.355 e. The lowest BCUT2D eigenvalue weighted by atomic mass is 9.78. The van der Waals surface area contributed by atoms with Crippen molar-refractivity contribution in [3.05, 3.63) is 35.4 Å². The summed E-state index contributed by atoms with van der Waals surface area (Å²) < 4.78 is 28.5. The molecule has 1 aromatic rings. The Balaban J connectivity index is 1.76. The smallest absolute Gasteiger partial charge is 0.223 e. The molecule has 0 aromatic heterocycles. The quantitative estimate of drug-likeness (QED) is 0.895. The molecule has 0 heterocycles. The van der Waals surface area contributed by atoms with Gasteiger partial charge in [0, 0.05) is 29.5 Å². The van der Waals surface area contributed by atoms with Crippen molar-refractivity contribution in [2.24, 2.45) is 11.7 Å². The summed E-state index contributed by atoms with van der Waals surface area (Å²) in [5.74, 6) is -1.11. The molecule has 0 radical (unpaired) electrons. The summed E-state index contributed by atoms with van der Waals surface area (Å²) >= 11 is 0. The first-order valence-electron chi connectivity index (χ1n) is 8.50. The molecule has 3 N–H and O–H groups in total. The summed E-state index contributed by atoms with van der Waals surface area (Å²) in [7, 11) is 0. The first kappa shape index (κ1) is 16.4. The van der Waals surface area contributed by atoms with Crippen molar-refractivity contribution in [1.82, 2.24) is 5.32 Å². The van der Waals surface area contributed by atoms with Gasteiger partial charge >= 0.3 is 0 Å². The largest absolute Gasteiger partial charge is 0.355 e. The van der Waals surface area contributed by atoms with E-state index in [2.05, 4.69) is 5.32 Å². The fraction of sp³-hybridized carbons (Fsp3) is 0.611. The predicted octanol–water partition coefficient (Wildman–Crippen LogP) is 3.02. The molecule has 0 bridgehead atoms. The van der Waals surface area contributed by atoms with Crippen LogP contribution in [0.3, 0.4) is 0 Å². The summed E-state index contributed by atoms with van der Waals surface area (Å²) in [6, 6.07) is 4.08. The van der Waals surface area contributed by atoms with E-state index >= 15 is 0 Å². The molecule has 126 valence electrons. The van der Waals surface area contributed by atoms with Crippen molar-refractivity contribution in [2.45, 2.75) is 56.4 Å². The van der Waals surface area contributed by atoms with Crippen LogP contribution in [0.2, 0.25) is 0 Å². The molecule has 2 unspecified atom stereocenters. The Labute approximate surface area is 135 Å². The summed E-state index contributed by atoms with van der Waals surface area (Å²) in [6.45, 7) is 0.301. The maximum absolute atomic E-state index is 14.3. The Morgan fingerprint density at radius 2 is 1.87 bits per heavy atom. The van der Waals surface area contributed by atoms with Crippen molar-refractivity contribution >= 4 is 5.91 Å². The number of halogens is 2. The Morgan fingerprint density at radius 1 is 1.22 bits per heavy atom. The van der Waals surface area contributed by atoms with E-state index in [9.17, 15) is 13.6 Å². The third-order valence-corrected chi connectivity index (χ3v) is 5.50. The highest BCUT2D eigenvalue weighted by Crippen LogP contribution is 2.43. The second kappa shape index (κ2) is 6.56. The Morgan fingerprint density at radius 3 is 2.43 bits per heavy atom. The second-order valence-corrected chi connectivity index (χ2v) is 7.07. The van der Waals surface area contributed by atoms with E-state index in [4.69, 9.17) is 5.73 Å². The van der Waals surface area contributed by atoms with Gasteiger partial charge in [-0.3, -0.25) is 4.79 Å². The van der Waals surface area contributed by atoms with Crippen LogP contribution in [0.15, 0.2) is 18.2 Å². The van der Waals surface area contributed by atoms with Gasteiger partial charge in [-0.15, -0.1) is 0 Å². The van der Waals surface area contributed by atoms with Crippen LogP contribution in [0.1, 0.15) is 50.5 Å². The second-order valence-electron chi connectivity index (χ2n) is 7.07. The first-order chi connectivity index (χ1) is 11.0. The third-order valence-electron chi connectivity index (χ3n) is 5.50. The number of amides is 1. The molecule has 5 heteroatoms. The number of carbonyl (C=O) groups excluding carboxylic acids is 1. The molecule has 2 fully saturated rings. The monoisotopic (exact) mass is 322 g/mol. The average Bonchev–Trinajstić information content (AvgIpc) is 3.15. The lowest BCUT2D eigenvalue weighted by molar-refractivity contribution is -0.125. The van der Waals surface area contributed by atoms with Gasteiger partial charge in [-0.1, -0.05) is 18.9 Å². The van der Waals surface area contributed by atoms with Crippen molar-refractivity contribution in [3.8, 4) is 0 Å². The maximum atomic E-state index is 14.3. The lowest BCUT2D eigenvalue weighted by Gasteiger charge is -2.31. The molecular weight excluding hydrogens is 298 g/mol. The topological polar surface area (TPSA) is 55.1 Å². The highest BCUT2D eigenvalue weighted by molar-refractivity contribution is 5.79. The molecule has 23 heavy (non-hydrogen) atoms. The normalized spacial score (nSPS) is 26.4. The lowest BCUT2D eigenvalue weighted by Crippen LogP contribution is -2.42. The van der Waals surface area contributed by atoms with Gasteiger partial charge in [0.1, 0.15) is 11.6 Å². The SMILES string of the molecule is NC1CCC(C(=O)NCC2(c3c(F)cccc3F)CCCC2)C1. The van der Waals surface area contributed by atoms with E-state index < -0.39 is 17.0 Å². The van der Waals surface area contributed by atoms with E-state index in [0.717, 1.165) is 25.7 Å². The fourth-order valence-corrected chi connectivity index (χ4v) is 4.23. The van der Waals surface area contributed by atoms with Crippen LogP contribution in [-0.4, -0.2) is 18.5 Å². The van der Waals surface area contributed by atoms with Crippen LogP contribution in [-0.2, 0) is 10.2 Å². The van der Waals surface area contributed by atoms with Gasteiger partial charge in [-0.2, -0.15) is 0 Å². The van der Waals surface area contributed by atoms with Crippen molar-refractivity contribution in [2.75, 3.05) is 6.54 Å². The molecule has 3 nitrogen and oxygen atoms in total. The highest BCUT2D eigenvalue weighted by Gasteiger charge is 2.40. The molecule has 0 spiro atoms. The minimum atomic E-state index is -0.619. The molecule has 0 saturated heterocycles. The van der Waals surface area contributed by atoms with E-state index in [0.29, 0.717) is 25.8 Å². The minimum absolute atomic E-state index is 0.0269. The van der Waals surface area contributed by atoms with Crippen LogP contribution < -0.4 is 11.1 Å². The molecule has 3 rings (SSSR count). The predicted molar refractivity (Wildman–Crippen MR) is 84.8 cm³/mol. The van der Waals surface area contributed by atoms with Crippen molar-refractivity contribution in [3.63, 3.8) is 0 Å². The summed E-state index contributed by atoms with van der Waals surface area (Å²) in [5, 5.41) is 2.95. The molecular formula is C18H24F2N2O. The fourth-order valence-electron chi connectivity index (χ4n) is 4.23. The van der Waals surface area contributed by atoms with E-state index in [1.54, 1.807) is 0 Å². The van der Waals surface area contributed by atoms with E-state index in [-0.39, 0.29) is 23.4 Å². The Kier molecular flexibility index (Phi) is 4.67. The highest BCUT2D eigenvalue weighted by atomic mass is 19.1. The standard InChI is InChI=1S/C18H24F2N2O/c19-14-4-3-5-15(20)16(14)18(8-1-2-9-18)11-22-17(23)12-6-7-13(21)10-12/h3-5,12-13H,1-2,6-11,21H2,(H,22,23). The maximum Gasteiger partial charge on any atom is 0.223 e. The van der Waals surface area contributed by atoms with E-state index in [1.165, 1.54) is 18.2 Å². The van der Waals surface area contributed by atoms with Gasteiger partial charge in [0.25, 0.3) is 0 Å². The molecule has 2 saturated carbocycles. The number of hydrogen-bond acceptors (Lipinski definition) is 2. The zero-order valence-corrected chi connectivity index (χ0v) is 13.3. The number of hydrogen-bond donors (Lipinski definition) is 2. The van der Waals surface area contributed by atoms with Gasteiger partial charge in [0.15, 0.2) is 0 Å². The summed E-state index contributed by atoms with van der Waals surface area (Å²) in [4.78, 5) is 12.3. The van der Waals surface area contributed by atoms with Crippen LogP contribution in [0, 0.1) is 17.6 Å². The summed E-state index contributed by atoms with van der Waals surface area (Å²) in [5.41, 5.74) is 5.38. The average molecular weight is 322 g/mol. The number of nitrogens with two attached hydrogens (primary N) is 1. The number of benzene rings is 1. The van der Waals surface area contributed by atoms with Crippen LogP contribution >= 0.6 is 0 Å². The molecule has 1 amide bonds. The molecule has 1 aromatic carbocycles. The Bertz CT molecular complexity index is 564. The van der Waals surface area contributed by atoms with Gasteiger partial charge in [0.05, 0.1) is 0 Å². The van der Waals surface area contributed by atoms with Crippen LogP contribution in [0.4, 0.5) is 8.78 Å². The molecule has 2 atom stereocenters. The number of carbonyl (C=O) groups is 1. The van der Waals surface area contributed by atoms with Gasteiger partial charge < -0.3 is 11.1 Å². The van der Waals surface area contributed by atoms with Gasteiger partial charge in [0.2, 0.25) is 5.91 Å². The molecule has 2 aliphatic carbocycles. The molecule has 2 aliphatic rings. The number of nitrogens with one attached hydrogen (secondary N) is 1. The summed E-state index contributed by atoms with van der Waals surface area (Å²) in [6.07, 6.45) is 5.63. The van der Waals surface area contributed by atoms with Crippen molar-refractivity contribution < 1.29 is 13.6 Å². The van der Waals surface area contributed by atoms with Gasteiger partial charge in [-0.25, -0.2) is 8.78 Å².